The normalized spacial score (nSPS) is 10.8. The van der Waals surface area contributed by atoms with Crippen LogP contribution in [0.5, 0.6) is 11.5 Å². The van der Waals surface area contributed by atoms with Crippen LogP contribution in [0.1, 0.15) is 6.92 Å². The number of ether oxygens (including phenoxy) is 1. The molecule has 2 rings (SSSR count). The monoisotopic (exact) mass is 279 g/mol. The minimum absolute atomic E-state index is 0.147. The Bertz CT molecular complexity index is 643. The Morgan fingerprint density at radius 3 is 2.29 bits per heavy atom. The van der Waals surface area contributed by atoms with Crippen LogP contribution in [0.25, 0.3) is 0 Å². The number of benzene rings is 2. The molecule has 0 bridgehead atoms. The van der Waals surface area contributed by atoms with E-state index in [9.17, 15) is 4.79 Å². The van der Waals surface area contributed by atoms with Crippen LogP contribution in [0.3, 0.4) is 0 Å². The van der Waals surface area contributed by atoms with Gasteiger partial charge < -0.3 is 10.1 Å². The largest absolute Gasteiger partial charge is 0.457 e. The van der Waals surface area contributed by atoms with E-state index in [1.54, 1.807) is 31.2 Å². The summed E-state index contributed by atoms with van der Waals surface area (Å²) in [6.45, 7) is 5.31. The van der Waals surface area contributed by atoms with E-state index in [1.807, 2.05) is 42.5 Å². The third-order valence-electron chi connectivity index (χ3n) is 2.82. The molecule has 0 spiro atoms. The van der Waals surface area contributed by atoms with Crippen LogP contribution in [0, 0.1) is 0 Å². The number of para-hydroxylation sites is 1. The second-order valence-electron chi connectivity index (χ2n) is 4.48. The van der Waals surface area contributed by atoms with Crippen LogP contribution in [0.2, 0.25) is 0 Å². The first kappa shape index (κ1) is 14.6. The number of nitrogens with one attached hydrogen (secondary N) is 1. The Balaban J connectivity index is 2.01. The standard InChI is InChI=1S/C18H17NO2/c1-3-7-14(2)18(20)19-15-10-12-17(13-11-15)21-16-8-5-4-6-9-16/h3-13H,1H2,2H3,(H,19,20). The van der Waals surface area contributed by atoms with Crippen molar-refractivity contribution >= 4 is 11.6 Å². The van der Waals surface area contributed by atoms with Crippen molar-refractivity contribution in [3.63, 3.8) is 0 Å². The Kier molecular flexibility index (Phi) is 4.94. The number of amides is 1. The summed E-state index contributed by atoms with van der Waals surface area (Å²) in [7, 11) is 0. The molecule has 3 heteroatoms. The third kappa shape index (κ3) is 4.35. The van der Waals surface area contributed by atoms with Gasteiger partial charge in [-0.2, -0.15) is 0 Å². The second-order valence-corrected chi connectivity index (χ2v) is 4.48. The lowest BCUT2D eigenvalue weighted by molar-refractivity contribution is -0.112. The Morgan fingerprint density at radius 1 is 1.05 bits per heavy atom. The Labute approximate surface area is 124 Å². The maximum Gasteiger partial charge on any atom is 0.251 e. The second kappa shape index (κ2) is 7.10. The first-order valence-electron chi connectivity index (χ1n) is 6.62. The average Bonchev–Trinajstić information content (AvgIpc) is 2.50. The first-order chi connectivity index (χ1) is 10.2. The van der Waals surface area contributed by atoms with Gasteiger partial charge in [0.05, 0.1) is 0 Å². The van der Waals surface area contributed by atoms with Gasteiger partial charge in [0.25, 0.3) is 5.91 Å². The molecule has 106 valence electrons. The van der Waals surface area contributed by atoms with E-state index >= 15 is 0 Å². The molecule has 1 N–H and O–H groups in total. The van der Waals surface area contributed by atoms with Gasteiger partial charge in [0.15, 0.2) is 0 Å². The Hall–Kier alpha value is -2.81. The predicted octanol–water partition coefficient (Wildman–Crippen LogP) is 4.55. The van der Waals surface area contributed by atoms with Gasteiger partial charge in [-0.25, -0.2) is 0 Å². The first-order valence-corrected chi connectivity index (χ1v) is 6.62. The molecule has 1 amide bonds. The lowest BCUT2D eigenvalue weighted by Crippen LogP contribution is -2.12. The highest BCUT2D eigenvalue weighted by atomic mass is 16.5. The molecule has 0 aromatic heterocycles. The molecule has 2 aromatic rings. The number of hydrogen-bond acceptors (Lipinski definition) is 2. The summed E-state index contributed by atoms with van der Waals surface area (Å²) in [4.78, 5) is 11.8. The highest BCUT2D eigenvalue weighted by Gasteiger charge is 2.04. The summed E-state index contributed by atoms with van der Waals surface area (Å²) >= 11 is 0. The van der Waals surface area contributed by atoms with Crippen LogP contribution < -0.4 is 10.1 Å². The molecule has 0 radical (unpaired) electrons. The number of allylic oxidation sites excluding steroid dienone is 2. The number of hydrogen-bond donors (Lipinski definition) is 1. The molecule has 0 atom stereocenters. The molecular weight excluding hydrogens is 262 g/mol. The highest BCUT2D eigenvalue weighted by Crippen LogP contribution is 2.22. The molecule has 0 saturated carbocycles. The molecular formula is C18H17NO2. The average molecular weight is 279 g/mol. The van der Waals surface area contributed by atoms with Gasteiger partial charge in [0, 0.05) is 11.3 Å². The van der Waals surface area contributed by atoms with E-state index in [0.29, 0.717) is 5.57 Å². The van der Waals surface area contributed by atoms with Crippen molar-refractivity contribution in [2.24, 2.45) is 0 Å². The van der Waals surface area contributed by atoms with E-state index in [4.69, 9.17) is 4.74 Å². The molecule has 0 unspecified atom stereocenters. The van der Waals surface area contributed by atoms with Gasteiger partial charge in [-0.1, -0.05) is 36.9 Å². The molecule has 2 aromatic carbocycles. The minimum Gasteiger partial charge on any atom is -0.457 e. The van der Waals surface area contributed by atoms with Gasteiger partial charge in [0.1, 0.15) is 11.5 Å². The van der Waals surface area contributed by atoms with Gasteiger partial charge >= 0.3 is 0 Å². The fraction of sp³-hybridized carbons (Fsp3) is 0.0556. The fourth-order valence-corrected chi connectivity index (χ4v) is 1.71. The molecule has 0 heterocycles. The lowest BCUT2D eigenvalue weighted by Gasteiger charge is -2.08. The summed E-state index contributed by atoms with van der Waals surface area (Å²) in [6, 6.07) is 16.8. The summed E-state index contributed by atoms with van der Waals surface area (Å²) < 4.78 is 5.69. The topological polar surface area (TPSA) is 38.3 Å². The number of rotatable bonds is 5. The molecule has 21 heavy (non-hydrogen) atoms. The van der Waals surface area contributed by atoms with Crippen molar-refractivity contribution < 1.29 is 9.53 Å². The fourth-order valence-electron chi connectivity index (χ4n) is 1.71. The lowest BCUT2D eigenvalue weighted by atomic mass is 10.2. The highest BCUT2D eigenvalue weighted by molar-refractivity contribution is 6.03. The SMILES string of the molecule is C=CC=C(C)C(=O)Nc1ccc(Oc2ccccc2)cc1. The summed E-state index contributed by atoms with van der Waals surface area (Å²) in [5.74, 6) is 1.35. The van der Waals surface area contributed by atoms with Crippen molar-refractivity contribution in [3.8, 4) is 11.5 Å². The van der Waals surface area contributed by atoms with Crippen LogP contribution in [0.15, 0.2) is 78.9 Å². The van der Waals surface area contributed by atoms with E-state index in [2.05, 4.69) is 11.9 Å². The molecule has 0 saturated heterocycles. The number of carbonyl (C=O) groups is 1. The zero-order valence-electron chi connectivity index (χ0n) is 11.9. The third-order valence-corrected chi connectivity index (χ3v) is 2.82. The molecule has 0 aliphatic carbocycles. The molecule has 0 aliphatic heterocycles. The maximum absolute atomic E-state index is 11.8. The summed E-state index contributed by atoms with van der Waals surface area (Å²) in [6.07, 6.45) is 3.26. The van der Waals surface area contributed by atoms with Crippen LogP contribution in [-0.4, -0.2) is 5.91 Å². The quantitative estimate of drug-likeness (QED) is 0.644. The van der Waals surface area contributed by atoms with Crippen molar-refractivity contribution in [1.82, 2.24) is 0 Å². The van der Waals surface area contributed by atoms with Gasteiger partial charge in [-0.15, -0.1) is 0 Å². The van der Waals surface area contributed by atoms with Gasteiger partial charge in [-0.05, 0) is 43.3 Å². The zero-order valence-corrected chi connectivity index (χ0v) is 11.9. The van der Waals surface area contributed by atoms with E-state index in [1.165, 1.54) is 0 Å². The maximum atomic E-state index is 11.8. The van der Waals surface area contributed by atoms with E-state index in [-0.39, 0.29) is 5.91 Å². The molecule has 0 fully saturated rings. The van der Waals surface area contributed by atoms with Crippen LogP contribution >= 0.6 is 0 Å². The van der Waals surface area contributed by atoms with Crippen molar-refractivity contribution in [2.45, 2.75) is 6.92 Å². The van der Waals surface area contributed by atoms with Crippen molar-refractivity contribution in [1.29, 1.82) is 0 Å². The van der Waals surface area contributed by atoms with E-state index < -0.39 is 0 Å². The Morgan fingerprint density at radius 2 is 1.67 bits per heavy atom. The van der Waals surface area contributed by atoms with Crippen LogP contribution in [0.4, 0.5) is 5.69 Å². The van der Waals surface area contributed by atoms with Gasteiger partial charge in [-0.3, -0.25) is 4.79 Å². The predicted molar refractivity (Wildman–Crippen MR) is 85.5 cm³/mol. The number of carbonyl (C=O) groups excluding carboxylic acids is 1. The van der Waals surface area contributed by atoms with Crippen molar-refractivity contribution in [2.75, 3.05) is 5.32 Å². The summed E-state index contributed by atoms with van der Waals surface area (Å²) in [5, 5.41) is 2.81. The molecule has 0 aliphatic rings. The van der Waals surface area contributed by atoms with Crippen molar-refractivity contribution in [3.05, 3.63) is 78.9 Å². The smallest absolute Gasteiger partial charge is 0.251 e. The summed E-state index contributed by atoms with van der Waals surface area (Å²) in [5.41, 5.74) is 1.33. The number of anilines is 1. The van der Waals surface area contributed by atoms with E-state index in [0.717, 1.165) is 17.2 Å². The zero-order chi connectivity index (χ0) is 15.1. The molecule has 3 nitrogen and oxygen atoms in total. The minimum atomic E-state index is -0.147. The van der Waals surface area contributed by atoms with Crippen LogP contribution in [-0.2, 0) is 4.79 Å². The van der Waals surface area contributed by atoms with Gasteiger partial charge in [0.2, 0.25) is 0 Å².